The minimum absolute atomic E-state index is 0.296. The van der Waals surface area contributed by atoms with Gasteiger partial charge in [0.05, 0.1) is 0 Å². The molecule has 0 unspecified atom stereocenters. The fourth-order valence-electron chi connectivity index (χ4n) is 1.91. The molecular formula is C14H26N4. The SMILES string of the molecule is CCN(CC(C)C)c1nc(C(C)C)nc(N)c1C. The Hall–Kier alpha value is -1.32. The highest BCUT2D eigenvalue weighted by Gasteiger charge is 2.16. The molecule has 0 aromatic carbocycles. The predicted molar refractivity (Wildman–Crippen MR) is 78.0 cm³/mol. The van der Waals surface area contributed by atoms with Crippen LogP contribution in [0.2, 0.25) is 0 Å². The molecule has 18 heavy (non-hydrogen) atoms. The van der Waals surface area contributed by atoms with Crippen LogP contribution in [0, 0.1) is 12.8 Å². The molecule has 4 heteroatoms. The molecule has 0 aliphatic carbocycles. The van der Waals surface area contributed by atoms with Gasteiger partial charge in [0.25, 0.3) is 0 Å². The van der Waals surface area contributed by atoms with Crippen LogP contribution < -0.4 is 10.6 Å². The zero-order chi connectivity index (χ0) is 13.9. The molecule has 0 radical (unpaired) electrons. The quantitative estimate of drug-likeness (QED) is 0.873. The average Bonchev–Trinajstić information content (AvgIpc) is 2.29. The lowest BCUT2D eigenvalue weighted by molar-refractivity contribution is 0.610. The third-order valence-electron chi connectivity index (χ3n) is 2.96. The maximum Gasteiger partial charge on any atom is 0.137 e. The van der Waals surface area contributed by atoms with E-state index in [1.165, 1.54) is 0 Å². The molecule has 0 aliphatic heterocycles. The largest absolute Gasteiger partial charge is 0.383 e. The van der Waals surface area contributed by atoms with Crippen LogP contribution in [0.15, 0.2) is 0 Å². The first-order valence-corrected chi connectivity index (χ1v) is 6.75. The number of nitrogens with two attached hydrogens (primary N) is 1. The van der Waals surface area contributed by atoms with Crippen molar-refractivity contribution in [2.45, 2.75) is 47.5 Å². The average molecular weight is 250 g/mol. The number of aromatic nitrogens is 2. The van der Waals surface area contributed by atoms with Gasteiger partial charge < -0.3 is 10.6 Å². The molecule has 2 N–H and O–H groups in total. The molecule has 0 bridgehead atoms. The molecule has 0 saturated heterocycles. The summed E-state index contributed by atoms with van der Waals surface area (Å²) >= 11 is 0. The number of hydrogen-bond acceptors (Lipinski definition) is 4. The van der Waals surface area contributed by atoms with Crippen molar-refractivity contribution in [3.05, 3.63) is 11.4 Å². The lowest BCUT2D eigenvalue weighted by atomic mass is 10.1. The molecule has 1 aromatic rings. The maximum atomic E-state index is 6.00. The van der Waals surface area contributed by atoms with Gasteiger partial charge in [-0.25, -0.2) is 9.97 Å². The van der Waals surface area contributed by atoms with E-state index < -0.39 is 0 Å². The molecule has 4 nitrogen and oxygen atoms in total. The second-order valence-electron chi connectivity index (χ2n) is 5.50. The Balaban J connectivity index is 3.19. The summed E-state index contributed by atoms with van der Waals surface area (Å²) in [7, 11) is 0. The Morgan fingerprint density at radius 2 is 1.78 bits per heavy atom. The normalized spacial score (nSPS) is 11.3. The van der Waals surface area contributed by atoms with Crippen molar-refractivity contribution in [3.8, 4) is 0 Å². The van der Waals surface area contributed by atoms with Crippen LogP contribution in [0.5, 0.6) is 0 Å². The van der Waals surface area contributed by atoms with E-state index in [9.17, 15) is 0 Å². The van der Waals surface area contributed by atoms with Gasteiger partial charge in [0.2, 0.25) is 0 Å². The summed E-state index contributed by atoms with van der Waals surface area (Å²) in [5.41, 5.74) is 6.99. The van der Waals surface area contributed by atoms with Gasteiger partial charge in [-0.15, -0.1) is 0 Å². The molecule has 1 rings (SSSR count). The van der Waals surface area contributed by atoms with E-state index in [1.807, 2.05) is 6.92 Å². The van der Waals surface area contributed by atoms with Crippen LogP contribution in [0.4, 0.5) is 11.6 Å². The molecule has 0 aliphatic rings. The Morgan fingerprint density at radius 1 is 1.17 bits per heavy atom. The zero-order valence-corrected chi connectivity index (χ0v) is 12.5. The minimum atomic E-state index is 0.296. The van der Waals surface area contributed by atoms with E-state index in [0.717, 1.165) is 30.3 Å². The smallest absolute Gasteiger partial charge is 0.137 e. The first-order chi connectivity index (χ1) is 8.36. The van der Waals surface area contributed by atoms with Crippen molar-refractivity contribution in [1.29, 1.82) is 0 Å². The van der Waals surface area contributed by atoms with Crippen molar-refractivity contribution >= 4 is 11.6 Å². The molecule has 1 aromatic heterocycles. The molecular weight excluding hydrogens is 224 g/mol. The monoisotopic (exact) mass is 250 g/mol. The van der Waals surface area contributed by atoms with E-state index in [4.69, 9.17) is 10.7 Å². The molecule has 0 amide bonds. The summed E-state index contributed by atoms with van der Waals surface area (Å²) in [5, 5.41) is 0. The van der Waals surface area contributed by atoms with Crippen LogP contribution in [-0.2, 0) is 0 Å². The summed E-state index contributed by atoms with van der Waals surface area (Å²) in [6.07, 6.45) is 0. The second kappa shape index (κ2) is 6.03. The van der Waals surface area contributed by atoms with Gasteiger partial charge in [0.15, 0.2) is 0 Å². The van der Waals surface area contributed by atoms with Crippen LogP contribution in [0.1, 0.15) is 51.9 Å². The van der Waals surface area contributed by atoms with Gasteiger partial charge in [0, 0.05) is 24.6 Å². The van der Waals surface area contributed by atoms with Gasteiger partial charge in [-0.1, -0.05) is 27.7 Å². The van der Waals surface area contributed by atoms with Crippen LogP contribution in [0.25, 0.3) is 0 Å². The minimum Gasteiger partial charge on any atom is -0.383 e. The summed E-state index contributed by atoms with van der Waals surface area (Å²) in [6.45, 7) is 14.7. The number of nitrogen functional groups attached to an aromatic ring is 1. The third kappa shape index (κ3) is 3.34. The van der Waals surface area contributed by atoms with Gasteiger partial charge in [-0.2, -0.15) is 0 Å². The number of hydrogen-bond donors (Lipinski definition) is 1. The summed E-state index contributed by atoms with van der Waals surface area (Å²) in [6, 6.07) is 0. The molecule has 0 spiro atoms. The Kier molecular flexibility index (Phi) is 4.93. The van der Waals surface area contributed by atoms with E-state index in [2.05, 4.69) is 44.5 Å². The lowest BCUT2D eigenvalue weighted by Crippen LogP contribution is -2.29. The highest BCUT2D eigenvalue weighted by molar-refractivity contribution is 5.56. The summed E-state index contributed by atoms with van der Waals surface area (Å²) in [5.74, 6) is 3.32. The fraction of sp³-hybridized carbons (Fsp3) is 0.714. The van der Waals surface area contributed by atoms with E-state index in [-0.39, 0.29) is 0 Å². The topological polar surface area (TPSA) is 55.0 Å². The van der Waals surface area contributed by atoms with Crippen LogP contribution in [-0.4, -0.2) is 23.1 Å². The summed E-state index contributed by atoms with van der Waals surface area (Å²) in [4.78, 5) is 11.3. The molecule has 102 valence electrons. The fourth-order valence-corrected chi connectivity index (χ4v) is 1.91. The Labute approximate surface area is 111 Å². The molecule has 0 saturated carbocycles. The highest BCUT2D eigenvalue weighted by Crippen LogP contribution is 2.24. The van der Waals surface area contributed by atoms with E-state index in [1.54, 1.807) is 0 Å². The van der Waals surface area contributed by atoms with Gasteiger partial charge in [-0.05, 0) is 19.8 Å². The molecule has 1 heterocycles. The van der Waals surface area contributed by atoms with Gasteiger partial charge in [-0.3, -0.25) is 0 Å². The Morgan fingerprint density at radius 3 is 2.22 bits per heavy atom. The molecule has 0 atom stereocenters. The van der Waals surface area contributed by atoms with Crippen molar-refractivity contribution in [2.24, 2.45) is 5.92 Å². The summed E-state index contributed by atoms with van der Waals surface area (Å²) < 4.78 is 0. The van der Waals surface area contributed by atoms with E-state index in [0.29, 0.717) is 17.7 Å². The standard InChI is InChI=1S/C14H26N4/c1-7-18(8-9(2)3)14-11(6)12(15)16-13(17-14)10(4)5/h9-10H,7-8H2,1-6H3,(H2,15,16,17). The van der Waals surface area contributed by atoms with Crippen LogP contribution in [0.3, 0.4) is 0 Å². The number of nitrogens with zero attached hydrogens (tertiary/aromatic N) is 3. The van der Waals surface area contributed by atoms with Crippen molar-refractivity contribution in [1.82, 2.24) is 9.97 Å². The number of rotatable bonds is 5. The van der Waals surface area contributed by atoms with Crippen LogP contribution >= 0.6 is 0 Å². The third-order valence-corrected chi connectivity index (χ3v) is 2.96. The number of anilines is 2. The second-order valence-corrected chi connectivity index (χ2v) is 5.50. The Bertz CT molecular complexity index is 399. The van der Waals surface area contributed by atoms with Gasteiger partial charge in [0.1, 0.15) is 17.5 Å². The van der Waals surface area contributed by atoms with Crippen molar-refractivity contribution < 1.29 is 0 Å². The molecule has 0 fully saturated rings. The first kappa shape index (κ1) is 14.7. The van der Waals surface area contributed by atoms with Crippen molar-refractivity contribution in [3.63, 3.8) is 0 Å². The highest BCUT2D eigenvalue weighted by atomic mass is 15.2. The maximum absolute atomic E-state index is 6.00. The predicted octanol–water partition coefficient (Wildman–Crippen LogP) is 2.97. The lowest BCUT2D eigenvalue weighted by Gasteiger charge is -2.26. The van der Waals surface area contributed by atoms with Gasteiger partial charge >= 0.3 is 0 Å². The first-order valence-electron chi connectivity index (χ1n) is 6.75. The zero-order valence-electron chi connectivity index (χ0n) is 12.5. The van der Waals surface area contributed by atoms with Crippen molar-refractivity contribution in [2.75, 3.05) is 23.7 Å². The van der Waals surface area contributed by atoms with E-state index >= 15 is 0 Å².